The van der Waals surface area contributed by atoms with Gasteiger partial charge in [0.25, 0.3) is 0 Å². The highest BCUT2D eigenvalue weighted by atomic mass is 32.1. The molecule has 2 aromatic carbocycles. The number of likely N-dealkylation sites (tertiary alicyclic amines) is 1. The van der Waals surface area contributed by atoms with Gasteiger partial charge < -0.3 is 44.5 Å². The molecule has 2 amide bonds. The molecule has 3 aromatic rings. The van der Waals surface area contributed by atoms with E-state index in [4.69, 9.17) is 18.9 Å². The summed E-state index contributed by atoms with van der Waals surface area (Å²) in [5.41, 5.74) is 13.9. The average molecular weight is 1050 g/mol. The number of likely N-dealkylation sites (N-methyl/N-ethyl adjacent to an activating group) is 1. The number of fused-ring (bicyclic) bond motifs is 4. The highest BCUT2D eigenvalue weighted by Crippen LogP contribution is 2.64. The molecule has 7 atom stereocenters. The first kappa shape index (κ1) is 55.1. The van der Waals surface area contributed by atoms with E-state index in [0.717, 1.165) is 112 Å². The number of ketones is 1. The molecule has 0 spiro atoms. The molecule has 0 bridgehead atoms. The molecule has 4 fully saturated rings. The summed E-state index contributed by atoms with van der Waals surface area (Å²) in [6.45, 7) is 15.7. The van der Waals surface area contributed by atoms with E-state index in [1.165, 1.54) is 27.2 Å². The second-order valence-corrected chi connectivity index (χ2v) is 24.2. The van der Waals surface area contributed by atoms with Crippen molar-refractivity contribution in [2.45, 2.75) is 142 Å². The van der Waals surface area contributed by atoms with Crippen LogP contribution in [0.15, 0.2) is 88.1 Å². The van der Waals surface area contributed by atoms with Gasteiger partial charge in [-0.15, -0.1) is 11.3 Å². The lowest BCUT2D eigenvalue weighted by molar-refractivity contribution is -0.127. The van der Waals surface area contributed by atoms with Gasteiger partial charge in [-0.05, 0) is 152 Å². The summed E-state index contributed by atoms with van der Waals surface area (Å²) in [6, 6.07) is 16.8. The van der Waals surface area contributed by atoms with E-state index >= 15 is 0 Å². The minimum atomic E-state index is -0.296. The number of carbonyl (C=O) groups is 3. The first-order valence-corrected chi connectivity index (χ1v) is 28.9. The number of carbonyl (C=O) groups excluding carboxylic acids is 3. The predicted molar refractivity (Wildman–Crippen MR) is 295 cm³/mol. The van der Waals surface area contributed by atoms with Crippen LogP contribution in [0.2, 0.25) is 0 Å². The van der Waals surface area contributed by atoms with E-state index in [1.54, 1.807) is 16.9 Å². The number of anilines is 1. The first-order valence-electron chi connectivity index (χ1n) is 28.0. The number of aryl methyl sites for hydroxylation is 1. The van der Waals surface area contributed by atoms with Crippen LogP contribution in [0.1, 0.15) is 127 Å². The summed E-state index contributed by atoms with van der Waals surface area (Å²) < 4.78 is 23.2. The van der Waals surface area contributed by atoms with Crippen molar-refractivity contribution in [1.82, 2.24) is 20.5 Å². The number of ether oxygens (including phenoxy) is 4. The number of aliphatic hydroxyl groups is 1. The van der Waals surface area contributed by atoms with Crippen LogP contribution in [0, 0.1) is 29.6 Å². The first-order chi connectivity index (χ1) is 36.2. The fourth-order valence-corrected chi connectivity index (χ4v) is 13.9. The Morgan fingerprint density at radius 3 is 2.25 bits per heavy atom. The Labute approximate surface area is 449 Å². The number of aromatic nitrogens is 1. The largest absolute Gasteiger partial charge is 0.393 e. The van der Waals surface area contributed by atoms with Crippen LogP contribution in [0.5, 0.6) is 0 Å². The quantitative estimate of drug-likeness (QED) is 0.0779. The van der Waals surface area contributed by atoms with Crippen molar-refractivity contribution < 1.29 is 38.4 Å². The van der Waals surface area contributed by atoms with E-state index in [-0.39, 0.29) is 65.7 Å². The Balaban J connectivity index is 0.652. The number of thiazole rings is 1. The smallest absolute Gasteiger partial charge is 0.246 e. The Morgan fingerprint density at radius 2 is 1.59 bits per heavy atom. The van der Waals surface area contributed by atoms with Crippen molar-refractivity contribution in [3.63, 3.8) is 0 Å². The third-order valence-electron chi connectivity index (χ3n) is 17.4. The standard InChI is InChI=1S/C61H83N5O8S/c1-40-57(75-39-63-40)44-14-12-41(13-15-44)37-62-59(70)52-11-8-26-66(52)56(43-9-7-10-43)58(60(2,3)4)64-54(69)38-74-34-33-73-32-31-72-30-29-71-28-27-65(6)46-19-16-42(17-20-46)50-36-61(5)51(24-25-53(61)68)49-22-18-45-35-47(67)21-23-48(45)55(49)50/h12-17,19-20,35,39,49-53,58,68H,7-11,18,21-34,36-38H2,1-6H3,(H,62,70)(H,64,69). The monoisotopic (exact) mass is 1050 g/mol. The molecule has 1 aliphatic heterocycles. The maximum atomic E-state index is 13.9. The molecule has 1 aromatic heterocycles. The van der Waals surface area contributed by atoms with E-state index in [0.29, 0.717) is 64.4 Å². The van der Waals surface area contributed by atoms with Gasteiger partial charge in [-0.25, -0.2) is 4.98 Å². The van der Waals surface area contributed by atoms with E-state index in [9.17, 15) is 19.5 Å². The summed E-state index contributed by atoms with van der Waals surface area (Å²) in [4.78, 5) is 49.8. The number of nitrogens with zero attached hydrogens (tertiary/aromatic N) is 3. The number of amides is 2. The van der Waals surface area contributed by atoms with Gasteiger partial charge in [-0.3, -0.25) is 14.4 Å². The Hall–Kier alpha value is -4.70. The average Bonchev–Trinajstić information content (AvgIpc) is 4.13. The zero-order valence-electron chi connectivity index (χ0n) is 45.6. The number of nitrogens with one attached hydrogen (secondary N) is 2. The Morgan fingerprint density at radius 1 is 0.880 bits per heavy atom. The van der Waals surface area contributed by atoms with Gasteiger partial charge in [0.2, 0.25) is 11.8 Å². The molecular formula is C61H83N5O8S. The summed E-state index contributed by atoms with van der Waals surface area (Å²) >= 11 is 1.63. The molecule has 406 valence electrons. The number of allylic oxidation sites excluding steroid dienone is 5. The lowest BCUT2D eigenvalue weighted by Crippen LogP contribution is -2.53. The number of aliphatic hydroxyl groups excluding tert-OH is 1. The van der Waals surface area contributed by atoms with Crippen LogP contribution in [0.3, 0.4) is 0 Å². The van der Waals surface area contributed by atoms with Crippen LogP contribution in [0.4, 0.5) is 5.69 Å². The minimum Gasteiger partial charge on any atom is -0.393 e. The summed E-state index contributed by atoms with van der Waals surface area (Å²) in [5.74, 6) is 1.36. The van der Waals surface area contributed by atoms with E-state index in [2.05, 4.69) is 109 Å². The highest BCUT2D eigenvalue weighted by molar-refractivity contribution is 7.13. The number of rotatable bonds is 23. The fraction of sp³-hybridized carbons (Fsp3) is 0.607. The lowest BCUT2D eigenvalue weighted by atomic mass is 9.53. The van der Waals surface area contributed by atoms with Gasteiger partial charge in [-0.2, -0.15) is 0 Å². The lowest BCUT2D eigenvalue weighted by Gasteiger charge is -2.52. The van der Waals surface area contributed by atoms with Crippen LogP contribution < -0.4 is 15.5 Å². The molecule has 2 heterocycles. The molecular weight excluding hydrogens is 963 g/mol. The normalized spacial score (nSPS) is 24.8. The van der Waals surface area contributed by atoms with Gasteiger partial charge >= 0.3 is 0 Å². The fourth-order valence-electron chi connectivity index (χ4n) is 13.1. The third kappa shape index (κ3) is 12.8. The molecule has 3 N–H and O–H groups in total. The van der Waals surface area contributed by atoms with Crippen molar-refractivity contribution in [3.05, 3.63) is 105 Å². The summed E-state index contributed by atoms with van der Waals surface area (Å²) in [5, 5.41) is 17.8. The number of hydrogen-bond donors (Lipinski definition) is 3. The highest BCUT2D eigenvalue weighted by Gasteiger charge is 2.56. The molecule has 7 unspecified atom stereocenters. The molecule has 9 rings (SSSR count). The second-order valence-electron chi connectivity index (χ2n) is 23.3. The molecule has 14 heteroatoms. The van der Waals surface area contributed by atoms with E-state index < -0.39 is 0 Å². The zero-order chi connectivity index (χ0) is 52.7. The zero-order valence-corrected chi connectivity index (χ0v) is 46.4. The van der Waals surface area contributed by atoms with Crippen LogP contribution >= 0.6 is 11.3 Å². The molecule has 0 radical (unpaired) electrons. The SMILES string of the molecule is Cc1ncsc1-c1ccc(CNC(=O)C2CCCN2C(=C2CCC2)C(NC(=O)COCCOCCOCCOCCN(C)c2ccc(C3CC4(C)C(O)CCC4C4CCC5=CC(=O)CCC5=C34)cc2)C(C)(C)C)cc1. The van der Waals surface area contributed by atoms with Crippen molar-refractivity contribution in [3.8, 4) is 10.4 Å². The molecule has 3 saturated carbocycles. The van der Waals surface area contributed by atoms with Gasteiger partial charge in [-0.1, -0.05) is 69.7 Å². The van der Waals surface area contributed by atoms with Gasteiger partial charge in [0.15, 0.2) is 5.78 Å². The van der Waals surface area contributed by atoms with Crippen LogP contribution in [0.25, 0.3) is 10.4 Å². The summed E-state index contributed by atoms with van der Waals surface area (Å²) in [7, 11) is 2.09. The maximum Gasteiger partial charge on any atom is 0.246 e. The minimum absolute atomic E-state index is 0.0220. The molecule has 5 aliphatic carbocycles. The van der Waals surface area contributed by atoms with Crippen molar-refractivity contribution in [2.75, 3.05) is 77.9 Å². The third-order valence-corrected chi connectivity index (χ3v) is 18.4. The number of benzene rings is 2. The molecule has 13 nitrogen and oxygen atoms in total. The topological polar surface area (TPSA) is 152 Å². The predicted octanol–water partition coefficient (Wildman–Crippen LogP) is 9.63. The van der Waals surface area contributed by atoms with Gasteiger partial charge in [0, 0.05) is 50.4 Å². The second kappa shape index (κ2) is 24.7. The molecule has 6 aliphatic rings. The van der Waals surface area contributed by atoms with Crippen LogP contribution in [-0.2, 0) is 39.9 Å². The Kier molecular flexibility index (Phi) is 18.2. The van der Waals surface area contributed by atoms with Gasteiger partial charge in [0.1, 0.15) is 12.6 Å². The maximum absolute atomic E-state index is 13.9. The summed E-state index contributed by atoms with van der Waals surface area (Å²) in [6.07, 6.45) is 12.9. The Bertz CT molecular complexity index is 2560. The molecule has 1 saturated heterocycles. The van der Waals surface area contributed by atoms with Crippen molar-refractivity contribution >= 4 is 34.6 Å². The number of hydrogen-bond acceptors (Lipinski definition) is 12. The van der Waals surface area contributed by atoms with Crippen LogP contribution in [-0.4, -0.2) is 124 Å². The van der Waals surface area contributed by atoms with E-state index in [1.807, 2.05) is 18.5 Å². The molecule has 75 heavy (non-hydrogen) atoms. The van der Waals surface area contributed by atoms with Crippen molar-refractivity contribution in [2.24, 2.45) is 22.7 Å². The van der Waals surface area contributed by atoms with Gasteiger partial charge in [0.05, 0.1) is 74.5 Å². The van der Waals surface area contributed by atoms with Crippen molar-refractivity contribution in [1.29, 1.82) is 0 Å².